The predicted octanol–water partition coefficient (Wildman–Crippen LogP) is 3.27. The second-order valence-corrected chi connectivity index (χ2v) is 5.47. The maximum Gasteiger partial charge on any atom is 0.338 e. The predicted molar refractivity (Wildman–Crippen MR) is 86.9 cm³/mol. The number of carbonyl (C=O) groups is 1. The third kappa shape index (κ3) is 3.42. The normalized spacial score (nSPS) is 17.0. The van der Waals surface area contributed by atoms with Crippen LogP contribution in [0, 0.1) is 0 Å². The molecule has 0 bridgehead atoms. The minimum atomic E-state index is -0.363. The van der Waals surface area contributed by atoms with Crippen LogP contribution < -0.4 is 4.90 Å². The van der Waals surface area contributed by atoms with Crippen molar-refractivity contribution in [3.05, 3.63) is 29.1 Å². The van der Waals surface area contributed by atoms with Crippen molar-refractivity contribution < 1.29 is 14.3 Å². The zero-order valence-electron chi connectivity index (χ0n) is 13.1. The van der Waals surface area contributed by atoms with E-state index in [1.165, 1.54) is 7.11 Å². The first kappa shape index (κ1) is 16.8. The number of ether oxygens (including phenoxy) is 2. The molecule has 0 aliphatic carbocycles. The molecule has 0 saturated carbocycles. The van der Waals surface area contributed by atoms with Gasteiger partial charge in [-0.15, -0.1) is 0 Å². The summed E-state index contributed by atoms with van der Waals surface area (Å²) in [6.07, 6.45) is 5.32. The van der Waals surface area contributed by atoms with Crippen molar-refractivity contribution in [1.29, 1.82) is 0 Å². The molecule has 1 aromatic rings. The van der Waals surface area contributed by atoms with Gasteiger partial charge in [-0.1, -0.05) is 25.4 Å². The number of aromatic nitrogens is 1. The largest absolute Gasteiger partial charge is 0.465 e. The van der Waals surface area contributed by atoms with Crippen LogP contribution in [0.4, 0.5) is 5.69 Å². The lowest BCUT2D eigenvalue weighted by Crippen LogP contribution is -2.39. The average molecular weight is 325 g/mol. The van der Waals surface area contributed by atoms with Crippen LogP contribution in [0.5, 0.6) is 0 Å². The van der Waals surface area contributed by atoms with Crippen LogP contribution in [0.2, 0.25) is 5.15 Å². The van der Waals surface area contributed by atoms with Crippen LogP contribution in [0.15, 0.2) is 18.3 Å². The number of hydrogen-bond donors (Lipinski definition) is 0. The lowest BCUT2D eigenvalue weighted by atomic mass is 9.96. The second-order valence-electron chi connectivity index (χ2n) is 5.08. The van der Waals surface area contributed by atoms with Gasteiger partial charge in [-0.3, -0.25) is 0 Å². The van der Waals surface area contributed by atoms with Gasteiger partial charge in [0.25, 0.3) is 0 Å². The molecule has 0 N–H and O–H groups in total. The van der Waals surface area contributed by atoms with Crippen LogP contribution in [-0.2, 0) is 14.3 Å². The summed E-state index contributed by atoms with van der Waals surface area (Å²) in [6, 6.07) is 1.82. The van der Waals surface area contributed by atoms with Crippen LogP contribution >= 0.6 is 11.6 Å². The van der Waals surface area contributed by atoms with Gasteiger partial charge in [-0.2, -0.15) is 0 Å². The summed E-state index contributed by atoms with van der Waals surface area (Å²) in [4.78, 5) is 18.2. The Morgan fingerprint density at radius 1 is 1.45 bits per heavy atom. The molecule has 0 fully saturated rings. The molecule has 1 unspecified atom stereocenters. The highest BCUT2D eigenvalue weighted by Gasteiger charge is 2.29. The van der Waals surface area contributed by atoms with Crippen LogP contribution in [-0.4, -0.2) is 37.4 Å². The first-order valence-electron chi connectivity index (χ1n) is 7.42. The van der Waals surface area contributed by atoms with Crippen molar-refractivity contribution in [3.63, 3.8) is 0 Å². The molecule has 6 heteroatoms. The molecule has 1 aromatic heterocycles. The maximum atomic E-state index is 12.0. The van der Waals surface area contributed by atoms with Gasteiger partial charge in [-0.05, 0) is 25.0 Å². The summed E-state index contributed by atoms with van der Waals surface area (Å²) in [6.45, 7) is 5.27. The summed E-state index contributed by atoms with van der Waals surface area (Å²) in [5.41, 5.74) is 2.10. The Morgan fingerprint density at radius 2 is 2.23 bits per heavy atom. The molecule has 5 nitrogen and oxygen atoms in total. The highest BCUT2D eigenvalue weighted by atomic mass is 35.5. The summed E-state index contributed by atoms with van der Waals surface area (Å²) in [5, 5.41) is 0.389. The van der Waals surface area contributed by atoms with Crippen LogP contribution in [0.1, 0.15) is 32.3 Å². The van der Waals surface area contributed by atoms with Crippen molar-refractivity contribution in [2.45, 2.75) is 32.7 Å². The Kier molecular flexibility index (Phi) is 5.80. The fourth-order valence-corrected chi connectivity index (χ4v) is 2.67. The van der Waals surface area contributed by atoms with E-state index in [9.17, 15) is 4.79 Å². The quantitative estimate of drug-likeness (QED) is 0.456. The second kappa shape index (κ2) is 7.61. The summed E-state index contributed by atoms with van der Waals surface area (Å²) < 4.78 is 10.6. The van der Waals surface area contributed by atoms with Gasteiger partial charge in [-0.25, -0.2) is 9.78 Å². The molecule has 0 saturated heterocycles. The molecule has 0 aromatic carbocycles. The molecule has 2 heterocycles. The molecule has 0 amide bonds. The number of nitrogens with zero attached hydrogens (tertiary/aromatic N) is 2. The van der Waals surface area contributed by atoms with Crippen molar-refractivity contribution in [2.75, 3.05) is 25.3 Å². The minimum absolute atomic E-state index is 0.0527. The average Bonchev–Trinajstić information content (AvgIpc) is 2.54. The molecule has 1 atom stereocenters. The van der Waals surface area contributed by atoms with E-state index in [1.807, 2.05) is 6.08 Å². The van der Waals surface area contributed by atoms with E-state index in [2.05, 4.69) is 23.7 Å². The topological polar surface area (TPSA) is 51.7 Å². The summed E-state index contributed by atoms with van der Waals surface area (Å²) >= 11 is 6.04. The van der Waals surface area contributed by atoms with Crippen molar-refractivity contribution in [3.8, 4) is 0 Å². The number of halogens is 1. The fraction of sp³-hybridized carbons (Fsp3) is 0.500. The zero-order valence-corrected chi connectivity index (χ0v) is 13.9. The highest BCUT2D eigenvalue weighted by Crippen LogP contribution is 2.36. The van der Waals surface area contributed by atoms with E-state index in [4.69, 9.17) is 21.1 Å². The van der Waals surface area contributed by atoms with E-state index in [0.717, 1.165) is 24.1 Å². The molecular formula is C16H21ClN2O3. The fourth-order valence-electron chi connectivity index (χ4n) is 2.51. The molecule has 1 aliphatic heterocycles. The first-order valence-corrected chi connectivity index (χ1v) is 7.80. The van der Waals surface area contributed by atoms with E-state index in [1.54, 1.807) is 12.3 Å². The Bertz CT molecular complexity index is 575. The first-order chi connectivity index (χ1) is 10.6. The lowest BCUT2D eigenvalue weighted by Gasteiger charge is -2.36. The van der Waals surface area contributed by atoms with Gasteiger partial charge < -0.3 is 14.4 Å². The lowest BCUT2D eigenvalue weighted by molar-refractivity contribution is -0.133. The Hall–Kier alpha value is -1.59. The molecular weight excluding hydrogens is 304 g/mol. The SMILES string of the molecule is CCCOCN1c2cc(Cl)ncc2C(C(=O)OC)=CC1CC. The number of methoxy groups -OCH3 is 1. The standard InChI is InChI=1S/C16H21ClN2O3/c1-4-6-22-10-19-11(5-2)7-12(16(20)21-3)13-9-18-15(17)8-14(13)19/h7-9,11H,4-6,10H2,1-3H3. The van der Waals surface area contributed by atoms with Gasteiger partial charge in [0.15, 0.2) is 0 Å². The van der Waals surface area contributed by atoms with Gasteiger partial charge in [0, 0.05) is 18.4 Å². The summed E-state index contributed by atoms with van der Waals surface area (Å²) in [5.74, 6) is -0.363. The molecule has 22 heavy (non-hydrogen) atoms. The van der Waals surface area contributed by atoms with Crippen LogP contribution in [0.25, 0.3) is 5.57 Å². The van der Waals surface area contributed by atoms with E-state index in [-0.39, 0.29) is 12.0 Å². The number of carbonyl (C=O) groups excluding carboxylic acids is 1. The molecule has 1 aliphatic rings. The van der Waals surface area contributed by atoms with Gasteiger partial charge in [0.05, 0.1) is 24.4 Å². The molecule has 0 spiro atoms. The third-order valence-electron chi connectivity index (χ3n) is 3.61. The maximum absolute atomic E-state index is 12.0. The van der Waals surface area contributed by atoms with Crippen molar-refractivity contribution in [2.24, 2.45) is 0 Å². The minimum Gasteiger partial charge on any atom is -0.465 e. The molecule has 0 radical (unpaired) electrons. The molecule has 2 rings (SSSR count). The number of rotatable bonds is 6. The van der Waals surface area contributed by atoms with Crippen LogP contribution in [0.3, 0.4) is 0 Å². The monoisotopic (exact) mass is 324 g/mol. The number of hydrogen-bond acceptors (Lipinski definition) is 5. The van der Waals surface area contributed by atoms with Gasteiger partial charge >= 0.3 is 5.97 Å². The number of pyridine rings is 1. The number of esters is 1. The van der Waals surface area contributed by atoms with Gasteiger partial charge in [0.2, 0.25) is 0 Å². The Balaban J connectivity index is 2.43. The van der Waals surface area contributed by atoms with Crippen molar-refractivity contribution in [1.82, 2.24) is 4.98 Å². The Labute approximate surface area is 135 Å². The smallest absolute Gasteiger partial charge is 0.338 e. The number of fused-ring (bicyclic) bond motifs is 1. The third-order valence-corrected chi connectivity index (χ3v) is 3.82. The number of anilines is 1. The Morgan fingerprint density at radius 3 is 2.86 bits per heavy atom. The zero-order chi connectivity index (χ0) is 16.1. The van der Waals surface area contributed by atoms with Gasteiger partial charge in [0.1, 0.15) is 11.9 Å². The van der Waals surface area contributed by atoms with E-state index < -0.39 is 0 Å². The van der Waals surface area contributed by atoms with Crippen molar-refractivity contribution >= 4 is 28.8 Å². The van der Waals surface area contributed by atoms with E-state index >= 15 is 0 Å². The highest BCUT2D eigenvalue weighted by molar-refractivity contribution is 6.30. The van der Waals surface area contributed by atoms with E-state index in [0.29, 0.717) is 24.1 Å². The molecule has 120 valence electrons. The summed E-state index contributed by atoms with van der Waals surface area (Å²) in [7, 11) is 1.38.